The van der Waals surface area contributed by atoms with Gasteiger partial charge in [0.05, 0.1) is 13.0 Å². The second-order valence-electron chi connectivity index (χ2n) is 8.29. The number of rotatable bonds is 9. The lowest BCUT2D eigenvalue weighted by molar-refractivity contribution is -0.127. The third-order valence-corrected chi connectivity index (χ3v) is 6.70. The summed E-state index contributed by atoms with van der Waals surface area (Å²) < 4.78 is 11.6. The summed E-state index contributed by atoms with van der Waals surface area (Å²) in [5.74, 6) is 1.39. The number of nitrogens with one attached hydrogen (secondary N) is 1. The molecule has 1 atom stereocenters. The highest BCUT2D eigenvalue weighted by Gasteiger charge is 2.36. The molecule has 2 aromatic heterocycles. The Morgan fingerprint density at radius 3 is 2.67 bits per heavy atom. The van der Waals surface area contributed by atoms with Crippen molar-refractivity contribution < 1.29 is 18.7 Å². The van der Waals surface area contributed by atoms with Gasteiger partial charge in [0.2, 0.25) is 5.91 Å². The number of benzene rings is 1. The lowest BCUT2D eigenvalue weighted by Gasteiger charge is -2.31. The predicted molar refractivity (Wildman–Crippen MR) is 130 cm³/mol. The fourth-order valence-electron chi connectivity index (χ4n) is 4.30. The van der Waals surface area contributed by atoms with E-state index in [0.717, 1.165) is 30.6 Å². The van der Waals surface area contributed by atoms with E-state index < -0.39 is 6.04 Å². The van der Waals surface area contributed by atoms with Crippen LogP contribution in [0.15, 0.2) is 58.3 Å². The maximum atomic E-state index is 13.7. The van der Waals surface area contributed by atoms with E-state index in [1.54, 1.807) is 11.0 Å². The van der Waals surface area contributed by atoms with Crippen LogP contribution in [0.4, 0.5) is 5.69 Å². The largest absolute Gasteiger partial charge is 0.494 e. The van der Waals surface area contributed by atoms with Gasteiger partial charge in [0.25, 0.3) is 5.91 Å². The maximum absolute atomic E-state index is 13.7. The number of amides is 2. The molecule has 1 N–H and O–H groups in total. The van der Waals surface area contributed by atoms with Crippen LogP contribution >= 0.6 is 11.3 Å². The molecule has 0 bridgehead atoms. The number of aryl methyl sites for hydroxylation is 1. The van der Waals surface area contributed by atoms with Gasteiger partial charge in [-0.15, -0.1) is 11.3 Å². The number of ether oxygens (including phenoxy) is 1. The third-order valence-electron chi connectivity index (χ3n) is 5.82. The van der Waals surface area contributed by atoms with Crippen molar-refractivity contribution in [3.8, 4) is 5.75 Å². The van der Waals surface area contributed by atoms with E-state index in [2.05, 4.69) is 5.32 Å². The van der Waals surface area contributed by atoms with Crippen LogP contribution in [0, 0.1) is 6.92 Å². The Bertz CT molecular complexity index is 1070. The van der Waals surface area contributed by atoms with Gasteiger partial charge in [0.15, 0.2) is 6.04 Å². The maximum Gasteiger partial charge on any atom is 0.251 e. The molecule has 7 heteroatoms. The van der Waals surface area contributed by atoms with Gasteiger partial charge in [0.1, 0.15) is 17.3 Å². The van der Waals surface area contributed by atoms with Crippen molar-refractivity contribution in [2.24, 2.45) is 0 Å². The van der Waals surface area contributed by atoms with Crippen LogP contribution in [0.1, 0.15) is 55.0 Å². The molecule has 174 valence electrons. The first-order chi connectivity index (χ1) is 16.0. The Balaban J connectivity index is 1.75. The molecular formula is C26H30N2O4S. The Labute approximate surface area is 198 Å². The summed E-state index contributed by atoms with van der Waals surface area (Å²) in [6, 6.07) is 14.0. The van der Waals surface area contributed by atoms with Crippen molar-refractivity contribution in [3.63, 3.8) is 0 Å². The Hall–Kier alpha value is -3.06. The molecule has 1 aliphatic carbocycles. The van der Waals surface area contributed by atoms with Gasteiger partial charge in [-0.25, -0.2) is 0 Å². The smallest absolute Gasteiger partial charge is 0.251 e. The number of carbonyl (C=O) groups excluding carboxylic acids is 2. The van der Waals surface area contributed by atoms with Crippen LogP contribution in [-0.2, 0) is 16.0 Å². The Morgan fingerprint density at radius 2 is 2.00 bits per heavy atom. The van der Waals surface area contributed by atoms with E-state index in [4.69, 9.17) is 9.15 Å². The molecule has 1 unspecified atom stereocenters. The van der Waals surface area contributed by atoms with Gasteiger partial charge < -0.3 is 14.5 Å². The minimum absolute atomic E-state index is 0.125. The molecule has 33 heavy (non-hydrogen) atoms. The third kappa shape index (κ3) is 5.66. The van der Waals surface area contributed by atoms with E-state index in [1.807, 2.05) is 61.7 Å². The van der Waals surface area contributed by atoms with Gasteiger partial charge in [-0.3, -0.25) is 14.5 Å². The molecule has 1 aliphatic rings. The summed E-state index contributed by atoms with van der Waals surface area (Å²) in [4.78, 5) is 29.9. The monoisotopic (exact) mass is 466 g/mol. The zero-order valence-corrected chi connectivity index (χ0v) is 19.9. The summed E-state index contributed by atoms with van der Waals surface area (Å²) in [5.41, 5.74) is 0.600. The molecule has 1 saturated carbocycles. The molecule has 4 rings (SSSR count). The lowest BCUT2D eigenvalue weighted by Crippen LogP contribution is -2.46. The predicted octanol–water partition coefficient (Wildman–Crippen LogP) is 5.42. The quantitative estimate of drug-likeness (QED) is 0.457. The number of thiophene rings is 1. The second-order valence-corrected chi connectivity index (χ2v) is 9.32. The summed E-state index contributed by atoms with van der Waals surface area (Å²) in [7, 11) is 0. The molecule has 6 nitrogen and oxygen atoms in total. The molecule has 2 amide bonds. The Morgan fingerprint density at radius 1 is 1.18 bits per heavy atom. The highest BCUT2D eigenvalue weighted by atomic mass is 32.1. The van der Waals surface area contributed by atoms with Crippen LogP contribution in [0.5, 0.6) is 5.75 Å². The summed E-state index contributed by atoms with van der Waals surface area (Å²) in [6.07, 6.45) is 4.32. The molecule has 3 aromatic rings. The van der Waals surface area contributed by atoms with Crippen LogP contribution in [0.3, 0.4) is 0 Å². The molecule has 0 spiro atoms. The van der Waals surface area contributed by atoms with E-state index in [0.29, 0.717) is 29.6 Å². The van der Waals surface area contributed by atoms with Crippen molar-refractivity contribution in [1.82, 2.24) is 5.32 Å². The van der Waals surface area contributed by atoms with Crippen LogP contribution in [-0.4, -0.2) is 24.5 Å². The average molecular weight is 467 g/mol. The zero-order valence-electron chi connectivity index (χ0n) is 19.1. The van der Waals surface area contributed by atoms with Crippen LogP contribution in [0.25, 0.3) is 0 Å². The lowest BCUT2D eigenvalue weighted by atomic mass is 10.1. The second kappa shape index (κ2) is 10.7. The molecule has 1 aromatic carbocycles. The van der Waals surface area contributed by atoms with Crippen molar-refractivity contribution in [1.29, 1.82) is 0 Å². The molecule has 0 saturated heterocycles. The average Bonchev–Trinajstić information content (AvgIpc) is 3.56. The van der Waals surface area contributed by atoms with E-state index >= 15 is 0 Å². The van der Waals surface area contributed by atoms with Gasteiger partial charge in [0, 0.05) is 22.7 Å². The van der Waals surface area contributed by atoms with E-state index in [-0.39, 0.29) is 24.3 Å². The summed E-state index contributed by atoms with van der Waals surface area (Å²) >= 11 is 1.53. The number of hydrogen-bond donors (Lipinski definition) is 1. The number of carbonyl (C=O) groups is 2. The molecule has 0 aliphatic heterocycles. The topological polar surface area (TPSA) is 71.8 Å². The van der Waals surface area contributed by atoms with Crippen LogP contribution < -0.4 is 15.0 Å². The highest BCUT2D eigenvalue weighted by molar-refractivity contribution is 7.10. The number of anilines is 1. The zero-order chi connectivity index (χ0) is 23.2. The number of hydrogen-bond acceptors (Lipinski definition) is 5. The highest BCUT2D eigenvalue weighted by Crippen LogP contribution is 2.33. The van der Waals surface area contributed by atoms with Crippen molar-refractivity contribution in [3.05, 3.63) is 70.3 Å². The van der Waals surface area contributed by atoms with E-state index in [1.165, 1.54) is 11.3 Å². The number of nitrogens with zero attached hydrogens (tertiary/aromatic N) is 1. The van der Waals surface area contributed by atoms with Gasteiger partial charge >= 0.3 is 0 Å². The van der Waals surface area contributed by atoms with Crippen molar-refractivity contribution in [2.45, 2.75) is 58.0 Å². The number of furan rings is 1. The minimum atomic E-state index is -0.913. The molecule has 1 fully saturated rings. The summed E-state index contributed by atoms with van der Waals surface area (Å²) in [6.45, 7) is 4.26. The Kier molecular flexibility index (Phi) is 7.50. The minimum Gasteiger partial charge on any atom is -0.494 e. The normalized spacial score (nSPS) is 14.7. The first-order valence-corrected chi connectivity index (χ1v) is 12.4. The van der Waals surface area contributed by atoms with Crippen molar-refractivity contribution >= 4 is 28.8 Å². The van der Waals surface area contributed by atoms with Gasteiger partial charge in [-0.05, 0) is 62.4 Å². The summed E-state index contributed by atoms with van der Waals surface area (Å²) in [5, 5.41) is 5.12. The van der Waals surface area contributed by atoms with Gasteiger partial charge in [-0.1, -0.05) is 25.0 Å². The van der Waals surface area contributed by atoms with E-state index in [9.17, 15) is 9.59 Å². The molecule has 2 heterocycles. The molecule has 0 radical (unpaired) electrons. The fourth-order valence-corrected chi connectivity index (χ4v) is 4.99. The van der Waals surface area contributed by atoms with Gasteiger partial charge in [-0.2, -0.15) is 0 Å². The van der Waals surface area contributed by atoms with Crippen molar-refractivity contribution in [2.75, 3.05) is 11.5 Å². The fraction of sp³-hybridized carbons (Fsp3) is 0.385. The SMILES string of the molecule is CCOc1cccc(N(C(=O)Cc2cccs2)C(C(=O)NC2CCCC2)c2ccc(C)o2)c1. The van der Waals surface area contributed by atoms with Crippen LogP contribution in [0.2, 0.25) is 0 Å². The first-order valence-electron chi connectivity index (χ1n) is 11.5. The standard InChI is InChI=1S/C26H30N2O4S/c1-3-31-21-11-6-10-20(16-21)28(24(29)17-22-12-7-15-33-22)25(23-14-13-18(2)32-23)26(30)27-19-8-4-5-9-19/h6-7,10-16,19,25H,3-5,8-9,17H2,1-2H3,(H,27,30). The molecular weight excluding hydrogens is 436 g/mol. The first kappa shape index (κ1) is 23.1.